The molecule has 28 heavy (non-hydrogen) atoms. The van der Waals surface area contributed by atoms with Crippen molar-refractivity contribution < 1.29 is 14.7 Å². The summed E-state index contributed by atoms with van der Waals surface area (Å²) < 4.78 is 0. The quantitative estimate of drug-likeness (QED) is 0.689. The van der Waals surface area contributed by atoms with E-state index in [4.69, 9.17) is 0 Å². The van der Waals surface area contributed by atoms with Gasteiger partial charge in [0.05, 0.1) is 18.7 Å². The molecule has 1 saturated heterocycles. The molecule has 3 atom stereocenters. The van der Waals surface area contributed by atoms with Crippen LogP contribution in [0, 0.1) is 0 Å². The summed E-state index contributed by atoms with van der Waals surface area (Å²) >= 11 is 0. The summed E-state index contributed by atoms with van der Waals surface area (Å²) in [6.07, 6.45) is 0.834. The summed E-state index contributed by atoms with van der Waals surface area (Å²) in [5.74, 6) is -0.205. The molecule has 2 aromatic rings. The Morgan fingerprint density at radius 1 is 0.964 bits per heavy atom. The molecule has 1 aliphatic rings. The largest absolute Gasteiger partial charge is 0.394 e. The Morgan fingerprint density at radius 3 is 2.21 bits per heavy atom. The molecule has 3 amide bonds. The molecule has 148 valence electrons. The van der Waals surface area contributed by atoms with Crippen molar-refractivity contribution in [2.75, 3.05) is 19.7 Å². The number of carbonyl (C=O) groups excluding carboxylic acids is 2. The number of benzene rings is 2. The average molecular weight is 381 g/mol. The van der Waals surface area contributed by atoms with Gasteiger partial charge in [-0.15, -0.1) is 0 Å². The molecular weight excluding hydrogens is 354 g/mol. The number of likely N-dealkylation sites (tertiary alicyclic amines) is 1. The third-order valence-electron chi connectivity index (χ3n) is 5.18. The van der Waals surface area contributed by atoms with Crippen LogP contribution in [0.1, 0.15) is 35.2 Å². The van der Waals surface area contributed by atoms with Crippen LogP contribution in [-0.4, -0.2) is 53.7 Å². The van der Waals surface area contributed by atoms with Gasteiger partial charge in [0, 0.05) is 24.6 Å². The Morgan fingerprint density at radius 2 is 1.61 bits per heavy atom. The minimum absolute atomic E-state index is 0.0327. The summed E-state index contributed by atoms with van der Waals surface area (Å²) in [6.45, 7) is 2.77. The van der Waals surface area contributed by atoms with Crippen LogP contribution in [0.15, 0.2) is 60.7 Å². The highest BCUT2D eigenvalue weighted by Crippen LogP contribution is 2.40. The lowest BCUT2D eigenvalue weighted by Gasteiger charge is -2.54. The van der Waals surface area contributed by atoms with Crippen molar-refractivity contribution in [1.29, 1.82) is 0 Å². The van der Waals surface area contributed by atoms with Gasteiger partial charge in [-0.2, -0.15) is 0 Å². The van der Waals surface area contributed by atoms with Crippen LogP contribution >= 0.6 is 0 Å². The summed E-state index contributed by atoms with van der Waals surface area (Å²) in [5, 5.41) is 15.8. The Balaban J connectivity index is 1.77. The van der Waals surface area contributed by atoms with E-state index in [2.05, 4.69) is 10.6 Å². The SMILES string of the molecule is CCCNC(=O)N1[C@H](CNC(=O)c2ccccc2)[C@H](c2ccccc2)[C@@H]1CO. The molecule has 0 bridgehead atoms. The van der Waals surface area contributed by atoms with E-state index in [0.717, 1.165) is 12.0 Å². The molecule has 0 spiro atoms. The lowest BCUT2D eigenvalue weighted by Crippen LogP contribution is -2.70. The zero-order valence-corrected chi connectivity index (χ0v) is 16.0. The van der Waals surface area contributed by atoms with E-state index in [1.807, 2.05) is 55.5 Å². The van der Waals surface area contributed by atoms with Gasteiger partial charge in [0.2, 0.25) is 0 Å². The van der Waals surface area contributed by atoms with Gasteiger partial charge in [0.15, 0.2) is 0 Å². The normalized spacial score (nSPS) is 20.9. The number of carbonyl (C=O) groups is 2. The maximum Gasteiger partial charge on any atom is 0.318 e. The van der Waals surface area contributed by atoms with Gasteiger partial charge in [-0.05, 0) is 24.1 Å². The van der Waals surface area contributed by atoms with Crippen molar-refractivity contribution >= 4 is 11.9 Å². The van der Waals surface area contributed by atoms with Gasteiger partial charge in [-0.3, -0.25) is 4.79 Å². The molecule has 6 heteroatoms. The van der Waals surface area contributed by atoms with E-state index in [1.165, 1.54) is 0 Å². The molecule has 1 fully saturated rings. The fraction of sp³-hybridized carbons (Fsp3) is 0.364. The molecule has 0 aliphatic carbocycles. The predicted molar refractivity (Wildman–Crippen MR) is 108 cm³/mol. The van der Waals surface area contributed by atoms with Gasteiger partial charge < -0.3 is 20.6 Å². The number of nitrogens with one attached hydrogen (secondary N) is 2. The second-order valence-electron chi connectivity index (χ2n) is 6.97. The van der Waals surface area contributed by atoms with Crippen molar-refractivity contribution in [3.63, 3.8) is 0 Å². The summed E-state index contributed by atoms with van der Waals surface area (Å²) in [4.78, 5) is 26.8. The number of urea groups is 1. The van der Waals surface area contributed by atoms with E-state index in [-0.39, 0.29) is 36.5 Å². The third-order valence-corrected chi connectivity index (χ3v) is 5.18. The molecule has 2 aromatic carbocycles. The smallest absolute Gasteiger partial charge is 0.318 e. The minimum Gasteiger partial charge on any atom is -0.394 e. The molecule has 6 nitrogen and oxygen atoms in total. The zero-order chi connectivity index (χ0) is 19.9. The van der Waals surface area contributed by atoms with Crippen molar-refractivity contribution in [1.82, 2.24) is 15.5 Å². The van der Waals surface area contributed by atoms with Crippen LogP contribution < -0.4 is 10.6 Å². The van der Waals surface area contributed by atoms with E-state index in [1.54, 1.807) is 17.0 Å². The van der Waals surface area contributed by atoms with Crippen LogP contribution in [0.3, 0.4) is 0 Å². The zero-order valence-electron chi connectivity index (χ0n) is 16.0. The number of amides is 3. The van der Waals surface area contributed by atoms with E-state index in [0.29, 0.717) is 18.7 Å². The van der Waals surface area contributed by atoms with Crippen LogP contribution in [0.2, 0.25) is 0 Å². The van der Waals surface area contributed by atoms with Crippen LogP contribution in [0.5, 0.6) is 0 Å². The minimum atomic E-state index is -0.308. The highest BCUT2D eigenvalue weighted by atomic mass is 16.3. The monoisotopic (exact) mass is 381 g/mol. The topological polar surface area (TPSA) is 81.7 Å². The average Bonchev–Trinajstić information content (AvgIpc) is 2.73. The third kappa shape index (κ3) is 4.17. The highest BCUT2D eigenvalue weighted by Gasteiger charge is 2.51. The number of aliphatic hydroxyl groups excluding tert-OH is 1. The highest BCUT2D eigenvalue weighted by molar-refractivity contribution is 5.94. The number of aliphatic hydroxyl groups is 1. The van der Waals surface area contributed by atoms with E-state index < -0.39 is 0 Å². The van der Waals surface area contributed by atoms with Gasteiger partial charge in [-0.1, -0.05) is 55.5 Å². The van der Waals surface area contributed by atoms with Crippen molar-refractivity contribution in [3.05, 3.63) is 71.8 Å². The first-order valence-electron chi connectivity index (χ1n) is 9.72. The molecular formula is C22H27N3O3. The lowest BCUT2D eigenvalue weighted by atomic mass is 9.75. The molecule has 3 N–H and O–H groups in total. The lowest BCUT2D eigenvalue weighted by molar-refractivity contribution is -0.00687. The van der Waals surface area contributed by atoms with Gasteiger partial charge in [0.25, 0.3) is 5.91 Å². The molecule has 1 aliphatic heterocycles. The fourth-order valence-electron chi connectivity index (χ4n) is 3.81. The number of hydrogen-bond acceptors (Lipinski definition) is 3. The maximum absolute atomic E-state index is 12.6. The second-order valence-corrected chi connectivity index (χ2v) is 6.97. The first-order chi connectivity index (χ1) is 13.7. The van der Waals surface area contributed by atoms with Crippen LogP contribution in [-0.2, 0) is 0 Å². The van der Waals surface area contributed by atoms with E-state index in [9.17, 15) is 14.7 Å². The summed E-state index contributed by atoms with van der Waals surface area (Å²) in [7, 11) is 0. The van der Waals surface area contributed by atoms with Gasteiger partial charge in [0.1, 0.15) is 0 Å². The Labute approximate surface area is 165 Å². The molecule has 0 saturated carbocycles. The summed E-state index contributed by atoms with van der Waals surface area (Å²) in [6, 6.07) is 18.1. The first-order valence-corrected chi connectivity index (χ1v) is 9.72. The van der Waals surface area contributed by atoms with Gasteiger partial charge >= 0.3 is 6.03 Å². The first kappa shape index (κ1) is 19.9. The molecule has 1 heterocycles. The predicted octanol–water partition coefficient (Wildman–Crippen LogP) is 2.36. The van der Waals surface area contributed by atoms with Crippen LogP contribution in [0.4, 0.5) is 4.79 Å². The van der Waals surface area contributed by atoms with E-state index >= 15 is 0 Å². The number of hydrogen-bond donors (Lipinski definition) is 3. The van der Waals surface area contributed by atoms with Crippen molar-refractivity contribution in [3.8, 4) is 0 Å². The van der Waals surface area contributed by atoms with Crippen molar-refractivity contribution in [2.24, 2.45) is 0 Å². The summed E-state index contributed by atoms with van der Waals surface area (Å²) in [5.41, 5.74) is 1.64. The standard InChI is InChI=1S/C22H27N3O3/c1-2-13-23-22(28)25-18(14-24-21(27)17-11-7-4-8-12-17)20(19(25)15-26)16-9-5-3-6-10-16/h3-12,18-20,26H,2,13-15H2,1H3,(H,23,28)(H,24,27)/t18-,19+,20+/m1/s1. The number of rotatable bonds is 7. The Hall–Kier alpha value is -2.86. The number of nitrogens with zero attached hydrogens (tertiary/aromatic N) is 1. The Kier molecular flexibility index (Phi) is 6.66. The molecule has 0 aromatic heterocycles. The van der Waals surface area contributed by atoms with Crippen LogP contribution in [0.25, 0.3) is 0 Å². The second kappa shape index (κ2) is 9.37. The molecule has 0 unspecified atom stereocenters. The molecule has 3 rings (SSSR count). The fourth-order valence-corrected chi connectivity index (χ4v) is 3.81. The maximum atomic E-state index is 12.6. The van der Waals surface area contributed by atoms with Crippen molar-refractivity contribution in [2.45, 2.75) is 31.3 Å². The molecule has 0 radical (unpaired) electrons. The Bertz CT molecular complexity index is 782. The van der Waals surface area contributed by atoms with Gasteiger partial charge in [-0.25, -0.2) is 4.79 Å².